The van der Waals surface area contributed by atoms with Gasteiger partial charge in [-0.25, -0.2) is 0 Å². The number of likely N-dealkylation sites (N-methyl/N-ethyl adjacent to an activating group) is 1. The fourth-order valence-corrected chi connectivity index (χ4v) is 5.98. The van der Waals surface area contributed by atoms with Crippen LogP contribution in [0, 0.1) is 11.8 Å². The SMILES string of the molecule is CC(C)=CCNCC(=O)Nc1ccc2c(c1O)C(=O)C1=C(O)C3(O)C(=O)C(C(N)=O)=C(O)[C@@H](N(C)C)C3CC1C2. The minimum absolute atomic E-state index is 0.00234. The van der Waals surface area contributed by atoms with Crippen molar-refractivity contribution in [3.8, 4) is 5.75 Å². The Morgan fingerprint density at radius 1 is 1.18 bits per heavy atom. The number of aromatic hydroxyl groups is 1. The average Bonchev–Trinajstić information content (AvgIpc) is 2.85. The number of nitrogens with zero attached hydrogens (tertiary/aromatic N) is 1. The number of hydrogen-bond donors (Lipinski definition) is 7. The number of benzene rings is 1. The predicted molar refractivity (Wildman–Crippen MR) is 145 cm³/mol. The van der Waals surface area contributed by atoms with Gasteiger partial charge in [0.2, 0.25) is 11.7 Å². The number of aliphatic hydroxyl groups is 3. The highest BCUT2D eigenvalue weighted by molar-refractivity contribution is 6.25. The van der Waals surface area contributed by atoms with Crippen LogP contribution in [0.3, 0.4) is 0 Å². The maximum absolute atomic E-state index is 13.7. The molecule has 40 heavy (non-hydrogen) atoms. The predicted octanol–water partition coefficient (Wildman–Crippen LogP) is 0.615. The third-order valence-electron chi connectivity index (χ3n) is 7.81. The van der Waals surface area contributed by atoms with Gasteiger partial charge in [-0.15, -0.1) is 0 Å². The van der Waals surface area contributed by atoms with Crippen LogP contribution in [0.5, 0.6) is 5.75 Å². The van der Waals surface area contributed by atoms with Gasteiger partial charge in [0.25, 0.3) is 5.91 Å². The number of carbonyl (C=O) groups excluding carboxylic acids is 4. The van der Waals surface area contributed by atoms with Crippen LogP contribution >= 0.6 is 0 Å². The number of phenols is 1. The molecule has 1 aromatic carbocycles. The van der Waals surface area contributed by atoms with E-state index in [1.165, 1.54) is 11.0 Å². The first kappa shape index (κ1) is 29.0. The molecule has 8 N–H and O–H groups in total. The zero-order chi connectivity index (χ0) is 29.7. The molecule has 0 aromatic heterocycles. The minimum atomic E-state index is -2.71. The maximum Gasteiger partial charge on any atom is 0.255 e. The van der Waals surface area contributed by atoms with Crippen molar-refractivity contribution in [1.29, 1.82) is 0 Å². The number of allylic oxidation sites excluding steroid dienone is 2. The van der Waals surface area contributed by atoms with Crippen LogP contribution in [0.25, 0.3) is 0 Å². The number of anilines is 1. The lowest BCUT2D eigenvalue weighted by Gasteiger charge is -2.50. The summed E-state index contributed by atoms with van der Waals surface area (Å²) in [5.41, 5.74) is 2.86. The van der Waals surface area contributed by atoms with E-state index >= 15 is 0 Å². The second-order valence-corrected chi connectivity index (χ2v) is 10.9. The van der Waals surface area contributed by atoms with Crippen LogP contribution in [-0.2, 0) is 20.8 Å². The molecule has 0 saturated heterocycles. The third kappa shape index (κ3) is 4.57. The molecule has 0 saturated carbocycles. The van der Waals surface area contributed by atoms with Gasteiger partial charge < -0.3 is 36.8 Å². The van der Waals surface area contributed by atoms with Crippen LogP contribution in [0.4, 0.5) is 5.69 Å². The first-order valence-electron chi connectivity index (χ1n) is 12.8. The molecule has 4 rings (SSSR count). The van der Waals surface area contributed by atoms with Gasteiger partial charge in [-0.05, 0) is 58.3 Å². The monoisotopic (exact) mass is 554 g/mol. The highest BCUT2D eigenvalue weighted by Gasteiger charge is 2.63. The van der Waals surface area contributed by atoms with E-state index in [9.17, 15) is 39.6 Å². The molecule has 12 heteroatoms. The van der Waals surface area contributed by atoms with Crippen molar-refractivity contribution in [2.24, 2.45) is 17.6 Å². The van der Waals surface area contributed by atoms with E-state index < -0.39 is 69.7 Å². The number of nitrogens with two attached hydrogens (primary N) is 1. The number of aliphatic hydroxyl groups excluding tert-OH is 2. The fourth-order valence-electron chi connectivity index (χ4n) is 5.98. The standard InChI is InChI=1S/C28H34N4O8/c1-12(2)7-8-30-11-17(33)31-16-6-5-13-9-14-10-15-21(32(3)4)24(36)20(27(29)39)26(38)28(15,40)25(37)19(14)23(35)18(13)22(16)34/h5-7,14-15,21,30,34,36-37,40H,8-11H2,1-4H3,(H2,29,39)(H,31,33)/t14?,15?,21-,28?/m0/s1. The normalized spacial score (nSPS) is 25.8. The molecule has 3 aliphatic rings. The molecule has 3 unspecified atom stereocenters. The number of hydrogen-bond acceptors (Lipinski definition) is 10. The van der Waals surface area contributed by atoms with Gasteiger partial charge in [-0.3, -0.25) is 24.1 Å². The number of rotatable bonds is 7. The van der Waals surface area contributed by atoms with Crippen LogP contribution < -0.4 is 16.4 Å². The van der Waals surface area contributed by atoms with Crippen molar-refractivity contribution in [1.82, 2.24) is 10.2 Å². The van der Waals surface area contributed by atoms with Gasteiger partial charge in [0.05, 0.1) is 23.8 Å². The second-order valence-electron chi connectivity index (χ2n) is 10.9. The van der Waals surface area contributed by atoms with Crippen LogP contribution in [-0.4, -0.2) is 87.5 Å². The molecular formula is C28H34N4O8. The molecule has 2 amide bonds. The molecule has 0 heterocycles. The largest absolute Gasteiger partial charge is 0.510 e. The lowest BCUT2D eigenvalue weighted by molar-refractivity contribution is -0.148. The Bertz CT molecular complexity index is 1400. The van der Waals surface area contributed by atoms with Gasteiger partial charge in [0.15, 0.2) is 17.1 Å². The van der Waals surface area contributed by atoms with E-state index in [0.717, 1.165) is 5.57 Å². The zero-order valence-corrected chi connectivity index (χ0v) is 22.7. The molecule has 1 aromatic rings. The molecule has 214 valence electrons. The molecule has 0 radical (unpaired) electrons. The number of carbonyl (C=O) groups is 4. The minimum Gasteiger partial charge on any atom is -0.510 e. The van der Waals surface area contributed by atoms with Gasteiger partial charge in [-0.1, -0.05) is 17.7 Å². The van der Waals surface area contributed by atoms with Crippen LogP contribution in [0.15, 0.2) is 46.4 Å². The topological polar surface area (TPSA) is 203 Å². The number of fused-ring (bicyclic) bond motifs is 3. The molecule has 0 aliphatic heterocycles. The Morgan fingerprint density at radius 3 is 2.45 bits per heavy atom. The number of nitrogens with one attached hydrogen (secondary N) is 2. The summed E-state index contributed by atoms with van der Waals surface area (Å²) in [6.07, 6.45) is 2.08. The number of ketones is 2. The van der Waals surface area contributed by atoms with Gasteiger partial charge in [-0.2, -0.15) is 0 Å². The first-order valence-corrected chi connectivity index (χ1v) is 12.8. The van der Waals surface area contributed by atoms with Crippen molar-refractivity contribution in [2.75, 3.05) is 32.5 Å². The summed E-state index contributed by atoms with van der Waals surface area (Å²) >= 11 is 0. The summed E-state index contributed by atoms with van der Waals surface area (Å²) in [6, 6.07) is 2.01. The Kier molecular flexibility index (Phi) is 7.63. The Labute approximate surface area is 230 Å². The fraction of sp³-hybridized carbons (Fsp3) is 0.429. The second kappa shape index (κ2) is 10.5. The summed E-state index contributed by atoms with van der Waals surface area (Å²) in [4.78, 5) is 53.0. The molecule has 0 spiro atoms. The maximum atomic E-state index is 13.7. The third-order valence-corrected chi connectivity index (χ3v) is 7.81. The molecule has 4 atom stereocenters. The van der Waals surface area contributed by atoms with E-state index in [1.54, 1.807) is 20.2 Å². The number of primary amides is 1. The van der Waals surface area contributed by atoms with Crippen molar-refractivity contribution in [3.05, 3.63) is 57.6 Å². The van der Waals surface area contributed by atoms with Crippen LogP contribution in [0.1, 0.15) is 36.2 Å². The Hall–Kier alpha value is -4.00. The van der Waals surface area contributed by atoms with E-state index in [0.29, 0.717) is 12.1 Å². The van der Waals surface area contributed by atoms with E-state index in [-0.39, 0.29) is 36.2 Å². The summed E-state index contributed by atoms with van der Waals surface area (Å²) in [7, 11) is 3.14. The Balaban J connectivity index is 1.73. The summed E-state index contributed by atoms with van der Waals surface area (Å²) in [6.45, 7) is 4.28. The van der Waals surface area contributed by atoms with Crippen molar-refractivity contribution < 1.29 is 39.6 Å². The number of phenolic OH excluding ortho intramolecular Hbond substituents is 1. The molecule has 0 fully saturated rings. The van der Waals surface area contributed by atoms with Crippen molar-refractivity contribution >= 4 is 29.1 Å². The molecule has 0 bridgehead atoms. The van der Waals surface area contributed by atoms with Crippen LogP contribution in [0.2, 0.25) is 0 Å². The van der Waals surface area contributed by atoms with E-state index in [1.807, 2.05) is 19.9 Å². The highest BCUT2D eigenvalue weighted by atomic mass is 16.3. The molecule has 3 aliphatic carbocycles. The number of amides is 2. The van der Waals surface area contributed by atoms with Gasteiger partial charge in [0.1, 0.15) is 17.1 Å². The number of Topliss-reactive ketones (excluding diaryl/α,β-unsaturated/α-hetero) is 2. The average molecular weight is 555 g/mol. The molecular weight excluding hydrogens is 520 g/mol. The zero-order valence-electron chi connectivity index (χ0n) is 22.7. The van der Waals surface area contributed by atoms with Gasteiger partial charge >= 0.3 is 0 Å². The first-order chi connectivity index (χ1) is 18.7. The lowest BCUT2D eigenvalue weighted by Crippen LogP contribution is -2.63. The quantitative estimate of drug-likeness (QED) is 0.108. The summed E-state index contributed by atoms with van der Waals surface area (Å²) in [5, 5.41) is 50.2. The molecule has 12 nitrogen and oxygen atoms in total. The van der Waals surface area contributed by atoms with Crippen molar-refractivity contribution in [2.45, 2.75) is 38.3 Å². The van der Waals surface area contributed by atoms with Crippen molar-refractivity contribution in [3.63, 3.8) is 0 Å². The Morgan fingerprint density at radius 2 is 1.85 bits per heavy atom. The van der Waals surface area contributed by atoms with E-state index in [4.69, 9.17) is 5.73 Å². The highest BCUT2D eigenvalue weighted by Crippen LogP contribution is 2.52. The van der Waals surface area contributed by atoms with Gasteiger partial charge in [0, 0.05) is 18.0 Å². The summed E-state index contributed by atoms with van der Waals surface area (Å²) < 4.78 is 0. The smallest absolute Gasteiger partial charge is 0.255 e. The summed E-state index contributed by atoms with van der Waals surface area (Å²) in [5.74, 6) is -7.68. The van der Waals surface area contributed by atoms with E-state index in [2.05, 4.69) is 10.6 Å². The lowest BCUT2D eigenvalue weighted by atomic mass is 9.58.